The predicted octanol–water partition coefficient (Wildman–Crippen LogP) is 10.3. The molecule has 0 aromatic heterocycles. The van der Waals surface area contributed by atoms with Gasteiger partial charge < -0.3 is 60.0 Å². The summed E-state index contributed by atoms with van der Waals surface area (Å²) in [5.41, 5.74) is 14.3. The lowest BCUT2D eigenvalue weighted by atomic mass is 10.1. The zero-order valence-electron chi connectivity index (χ0n) is 45.7. The maximum absolute atomic E-state index is 12.2. The van der Waals surface area contributed by atoms with Crippen LogP contribution in [0, 0.1) is 24.7 Å². The summed E-state index contributed by atoms with van der Waals surface area (Å²) in [4.78, 5) is 104. The zero-order valence-corrected chi connectivity index (χ0v) is 46.5. The number of amides is 3. The first-order chi connectivity index (χ1) is 40.2. The van der Waals surface area contributed by atoms with E-state index in [1.54, 1.807) is 91.0 Å². The van der Waals surface area contributed by atoms with Crippen molar-refractivity contribution in [3.63, 3.8) is 0 Å². The Morgan fingerprint density at radius 2 is 0.726 bits per heavy atom. The third kappa shape index (κ3) is 23.4. The summed E-state index contributed by atoms with van der Waals surface area (Å²) in [6.45, 7) is 0. The second-order valence-electron chi connectivity index (χ2n) is 15.9. The highest BCUT2D eigenvalue weighted by Gasteiger charge is 2.18. The quantitative estimate of drug-likeness (QED) is 0.0264. The van der Waals surface area contributed by atoms with E-state index >= 15 is 0 Å². The molecule has 0 spiro atoms. The van der Waals surface area contributed by atoms with Gasteiger partial charge in [0.05, 0.1) is 76.0 Å². The molecule has 3 amide bonds. The number of nitrogen functional groups attached to an aromatic ring is 2. The van der Waals surface area contributed by atoms with Gasteiger partial charge >= 0.3 is 53.4 Å². The number of hydrogen-bond acceptors (Lipinski definition) is 19. The van der Waals surface area contributed by atoms with Crippen LogP contribution in [-0.4, -0.2) is 96.0 Å². The molecule has 7 aromatic rings. The minimum absolute atomic E-state index is 0.0930. The highest BCUT2D eigenvalue weighted by molar-refractivity contribution is 6.61. The number of anilines is 5. The molecule has 0 aliphatic carbocycles. The smallest absolute Gasteiger partial charge is 0.417 e. The minimum Gasteiger partial charge on any atom is -0.465 e. The van der Waals surface area contributed by atoms with Crippen LogP contribution >= 0.6 is 11.6 Å². The Kier molecular flexibility index (Phi) is 27.8. The summed E-state index contributed by atoms with van der Waals surface area (Å²) in [7, 11) is 7.36. The summed E-state index contributed by atoms with van der Waals surface area (Å²) < 4.78 is 37.2. The number of hydrogen-bond donors (Lipinski definition) is 5. The molecule has 0 aliphatic rings. The lowest BCUT2D eigenvalue weighted by molar-refractivity contribution is 0.0581. The Balaban J connectivity index is 0.000000291. The number of ether oxygens (including phenoxy) is 8. The maximum Gasteiger partial charge on any atom is 0.417 e. The Morgan fingerprint density at radius 1 is 0.381 bits per heavy atom. The number of nitrogens with one attached hydrogen (secondary N) is 3. The van der Waals surface area contributed by atoms with E-state index in [1.807, 2.05) is 18.2 Å². The van der Waals surface area contributed by atoms with Gasteiger partial charge in [-0.25, -0.2) is 43.2 Å². The third-order valence-corrected chi connectivity index (χ3v) is 10.2. The number of urea groups is 1. The second kappa shape index (κ2) is 35.1. The van der Waals surface area contributed by atoms with E-state index in [9.17, 15) is 43.2 Å². The molecule has 23 heteroatoms. The fourth-order valence-electron chi connectivity index (χ4n) is 6.39. The first-order valence-electron chi connectivity index (χ1n) is 23.8. The van der Waals surface area contributed by atoms with Crippen molar-refractivity contribution in [3.05, 3.63) is 208 Å². The van der Waals surface area contributed by atoms with Crippen LogP contribution < -0.4 is 36.9 Å². The molecule has 7 aromatic carbocycles. The Morgan fingerprint density at radius 3 is 1.08 bits per heavy atom. The zero-order chi connectivity index (χ0) is 62.1. The molecule has 22 nitrogen and oxygen atoms in total. The number of halogens is 1. The number of carbonyl (C=O) groups excluding carboxylic acids is 9. The number of methoxy groups -OCH3 is 6. The largest absolute Gasteiger partial charge is 0.465 e. The molecule has 0 saturated carbocycles. The SMILES string of the molecule is C#Cc1cccc(N)c1.C#Cc1cccc(NC(=O)Nc2cc(C(=O)OC)cc(C(=O)OC)c2)c1.COC(=O)c1cc(N)cc(C(=O)OC)c1.COC(=O)c1cc(NC(=O)Oc2ccccc2)cc(C(=O)OC)c1.O=C(Cl)Oc1ccccc1. The van der Waals surface area contributed by atoms with E-state index in [4.69, 9.17) is 40.7 Å². The number of benzene rings is 7. The molecule has 7 N–H and O–H groups in total. The number of nitrogens with two attached hydrogens (primary N) is 2. The standard InChI is InChI=1S/C19H16N2O5.C17H15NO6.C10H11NO4.C8H7N.C7H5ClO2/c1-4-12-6-5-7-15(8-12)20-19(24)21-16-10-13(17(22)25-2)9-14(11-16)18(23)26-3;1-22-15(19)11-8-12(16(20)23-2)10-13(9-11)18-17(21)24-14-6-4-3-5-7-14;1-14-9(12)6-3-7(10(13)15-2)5-8(11)4-6;1-2-7-4-3-5-8(9)6-7;8-7(9)10-6-4-2-1-3-5-6/h1,5-11H,2-3H3,(H2,20,21,24);3-10H,1-2H3,(H,18,21);3-5H,11H2,1-2H3;1,3-6H,9H2;1-5H. The molecule has 0 heterocycles. The normalized spacial score (nSPS) is 9.39. The van der Waals surface area contributed by atoms with Crippen molar-refractivity contribution < 1.29 is 81.0 Å². The number of esters is 6. The Bertz CT molecular complexity index is 3440. The van der Waals surface area contributed by atoms with Crippen molar-refractivity contribution in [2.24, 2.45) is 0 Å². The third-order valence-electron chi connectivity index (χ3n) is 10.1. The van der Waals surface area contributed by atoms with Crippen LogP contribution in [0.3, 0.4) is 0 Å². The van der Waals surface area contributed by atoms with Crippen LogP contribution in [0.5, 0.6) is 11.5 Å². The summed E-state index contributed by atoms with van der Waals surface area (Å²) in [5.74, 6) is 2.06. The van der Waals surface area contributed by atoms with Crippen molar-refractivity contribution in [2.45, 2.75) is 0 Å². The lowest BCUT2D eigenvalue weighted by Gasteiger charge is -2.11. The van der Waals surface area contributed by atoms with E-state index in [1.165, 1.54) is 97.3 Å². The second-order valence-corrected chi connectivity index (χ2v) is 16.3. The lowest BCUT2D eigenvalue weighted by Crippen LogP contribution is -2.20. The van der Waals surface area contributed by atoms with Crippen LogP contribution in [0.15, 0.2) is 164 Å². The minimum atomic E-state index is -0.814. The van der Waals surface area contributed by atoms with Crippen LogP contribution in [0.2, 0.25) is 0 Å². The topological polar surface area (TPSA) is 316 Å². The number of rotatable bonds is 11. The van der Waals surface area contributed by atoms with Gasteiger partial charge in [-0.2, -0.15) is 0 Å². The van der Waals surface area contributed by atoms with Crippen LogP contribution in [0.1, 0.15) is 73.3 Å². The molecule has 0 fully saturated rings. The van der Waals surface area contributed by atoms with Gasteiger partial charge in [-0.1, -0.05) is 60.4 Å². The van der Waals surface area contributed by atoms with Gasteiger partial charge in [0.25, 0.3) is 0 Å². The molecule has 84 heavy (non-hydrogen) atoms. The molecule has 0 radical (unpaired) electrons. The van der Waals surface area contributed by atoms with Crippen LogP contribution in [0.25, 0.3) is 0 Å². The fraction of sp³-hybridized carbons (Fsp3) is 0.0984. The van der Waals surface area contributed by atoms with E-state index in [0.717, 1.165) is 5.56 Å². The van der Waals surface area contributed by atoms with Crippen LogP contribution in [-0.2, 0) is 28.4 Å². The van der Waals surface area contributed by atoms with Crippen molar-refractivity contribution in [1.82, 2.24) is 0 Å². The molecule has 432 valence electrons. The van der Waals surface area contributed by atoms with Crippen molar-refractivity contribution in [3.8, 4) is 36.2 Å². The van der Waals surface area contributed by atoms with E-state index in [0.29, 0.717) is 34.1 Å². The molecular weight excluding hydrogens is 1110 g/mol. The highest BCUT2D eigenvalue weighted by Crippen LogP contribution is 2.21. The van der Waals surface area contributed by atoms with Crippen molar-refractivity contribution in [1.29, 1.82) is 0 Å². The van der Waals surface area contributed by atoms with Gasteiger partial charge in [0, 0.05) is 51.2 Å². The Labute approximate surface area is 487 Å². The highest BCUT2D eigenvalue weighted by atomic mass is 35.5. The number of terminal acetylenes is 2. The monoisotopic (exact) mass is 1160 g/mol. The van der Waals surface area contributed by atoms with Gasteiger partial charge in [0.15, 0.2) is 0 Å². The molecular formula is C61H54ClN5O17. The van der Waals surface area contributed by atoms with E-state index in [2.05, 4.69) is 60.9 Å². The summed E-state index contributed by atoms with van der Waals surface area (Å²) in [6, 6.07) is 42.9. The fourth-order valence-corrected chi connectivity index (χ4v) is 6.48. The van der Waals surface area contributed by atoms with Gasteiger partial charge in [0.1, 0.15) is 11.5 Å². The van der Waals surface area contributed by atoms with Crippen molar-refractivity contribution >= 4 is 93.4 Å². The van der Waals surface area contributed by atoms with Crippen molar-refractivity contribution in [2.75, 3.05) is 70.1 Å². The number of carbonyl (C=O) groups is 9. The van der Waals surface area contributed by atoms with Crippen LogP contribution in [0.4, 0.5) is 42.8 Å². The molecule has 0 bridgehead atoms. The average Bonchev–Trinajstić information content (AvgIpc) is 3.70. The molecule has 7 rings (SSSR count). The van der Waals surface area contributed by atoms with E-state index < -0.39 is 53.4 Å². The molecule has 0 unspecified atom stereocenters. The van der Waals surface area contributed by atoms with E-state index in [-0.39, 0.29) is 44.8 Å². The first kappa shape index (κ1) is 66.7. The molecule has 0 aliphatic heterocycles. The van der Waals surface area contributed by atoms with Gasteiger partial charge in [-0.05, 0) is 115 Å². The summed E-state index contributed by atoms with van der Waals surface area (Å²) in [6.07, 6.45) is 9.67. The Hall–Kier alpha value is -11.6. The molecule has 0 saturated heterocycles. The van der Waals surface area contributed by atoms with Gasteiger partial charge in [-0.15, -0.1) is 12.8 Å². The predicted molar refractivity (Wildman–Crippen MR) is 312 cm³/mol. The molecule has 0 atom stereocenters. The number of para-hydroxylation sites is 2. The average molecular weight is 1160 g/mol. The summed E-state index contributed by atoms with van der Waals surface area (Å²) in [5, 5.41) is 7.61. The maximum atomic E-state index is 12.2. The summed E-state index contributed by atoms with van der Waals surface area (Å²) >= 11 is 4.95. The van der Waals surface area contributed by atoms with Gasteiger partial charge in [-0.3, -0.25) is 5.32 Å². The first-order valence-corrected chi connectivity index (χ1v) is 24.2. The van der Waals surface area contributed by atoms with Gasteiger partial charge in [0.2, 0.25) is 0 Å².